The molecular weight excluding hydrogens is 236 g/mol. The number of rotatable bonds is 4. The lowest BCUT2D eigenvalue weighted by Crippen LogP contribution is -2.28. The van der Waals surface area contributed by atoms with Gasteiger partial charge in [-0.3, -0.25) is 9.78 Å². The quantitative estimate of drug-likeness (QED) is 0.813. The summed E-state index contributed by atoms with van der Waals surface area (Å²) in [6, 6.07) is 3.69. The van der Waals surface area contributed by atoms with Gasteiger partial charge in [-0.25, -0.2) is 0 Å². The molecule has 1 aromatic rings. The van der Waals surface area contributed by atoms with Crippen LogP contribution >= 0.6 is 0 Å². The van der Waals surface area contributed by atoms with Crippen LogP contribution in [0.5, 0.6) is 0 Å². The van der Waals surface area contributed by atoms with Crippen LogP contribution in [0.4, 0.5) is 0 Å². The monoisotopic (exact) mass is 266 g/mol. The molecule has 1 heterocycles. The van der Waals surface area contributed by atoms with E-state index in [4.69, 9.17) is 0 Å². The fraction of sp³-hybridized carbons (Fsp3) is 0.625. The number of nitrogens with zero attached hydrogens (tertiary/aromatic N) is 2. The summed E-state index contributed by atoms with van der Waals surface area (Å²) in [6.07, 6.45) is 3.86. The van der Waals surface area contributed by atoms with Gasteiger partial charge in [0.15, 0.2) is 0 Å². The van der Waals surface area contributed by atoms with Crippen molar-refractivity contribution in [2.24, 2.45) is 0 Å². The molecule has 0 aliphatic heterocycles. The number of amides is 1. The molecule has 0 aromatic carbocycles. The highest BCUT2D eigenvalue weighted by Crippen LogP contribution is 2.03. The zero-order valence-electron chi connectivity index (χ0n) is 13.7. The van der Waals surface area contributed by atoms with Crippen molar-refractivity contribution in [3.63, 3.8) is 0 Å². The van der Waals surface area contributed by atoms with Crippen LogP contribution in [-0.2, 0) is 0 Å². The molecular formula is C16H30N2O. The summed E-state index contributed by atoms with van der Waals surface area (Å²) in [4.78, 5) is 17.7. The Morgan fingerprint density at radius 1 is 1.21 bits per heavy atom. The Morgan fingerprint density at radius 2 is 1.79 bits per heavy atom. The Bertz CT molecular complexity index is 320. The Balaban J connectivity index is 0. The zero-order chi connectivity index (χ0) is 15.3. The molecule has 0 radical (unpaired) electrons. The molecule has 0 saturated heterocycles. The molecule has 0 unspecified atom stereocenters. The first-order valence-electron chi connectivity index (χ1n) is 7.33. The molecule has 0 aliphatic carbocycles. The molecule has 1 rings (SSSR count). The van der Waals surface area contributed by atoms with Gasteiger partial charge in [-0.05, 0) is 25.0 Å². The third-order valence-corrected chi connectivity index (χ3v) is 2.32. The third kappa shape index (κ3) is 8.36. The first-order valence-corrected chi connectivity index (χ1v) is 7.33. The smallest absolute Gasteiger partial charge is 0.272 e. The summed E-state index contributed by atoms with van der Waals surface area (Å²) in [5.41, 5.74) is 1.60. The molecule has 0 saturated carbocycles. The maximum Gasteiger partial charge on any atom is 0.272 e. The van der Waals surface area contributed by atoms with E-state index in [2.05, 4.69) is 11.9 Å². The van der Waals surface area contributed by atoms with Crippen molar-refractivity contribution in [3.05, 3.63) is 29.6 Å². The van der Waals surface area contributed by atoms with E-state index >= 15 is 0 Å². The molecule has 0 fully saturated rings. The summed E-state index contributed by atoms with van der Waals surface area (Å²) < 4.78 is 0. The average molecular weight is 266 g/mol. The molecule has 0 aliphatic rings. The molecule has 19 heavy (non-hydrogen) atoms. The van der Waals surface area contributed by atoms with E-state index in [9.17, 15) is 4.79 Å². The van der Waals surface area contributed by atoms with Crippen LogP contribution in [0.1, 0.15) is 63.5 Å². The fourth-order valence-corrected chi connectivity index (χ4v) is 1.29. The molecule has 0 bridgehead atoms. The Hall–Kier alpha value is -1.38. The molecule has 1 amide bonds. The van der Waals surface area contributed by atoms with Crippen molar-refractivity contribution >= 4 is 5.91 Å². The van der Waals surface area contributed by atoms with Gasteiger partial charge in [0.25, 0.3) is 5.91 Å². The number of carbonyl (C=O) groups excluding carboxylic acids is 1. The lowest BCUT2D eigenvalue weighted by atomic mass is 10.2. The third-order valence-electron chi connectivity index (χ3n) is 2.32. The van der Waals surface area contributed by atoms with Gasteiger partial charge in [-0.2, -0.15) is 0 Å². The summed E-state index contributed by atoms with van der Waals surface area (Å²) in [5, 5.41) is 0. The highest BCUT2D eigenvalue weighted by atomic mass is 16.2. The largest absolute Gasteiger partial charge is 0.340 e. The van der Waals surface area contributed by atoms with Crippen LogP contribution in [0.15, 0.2) is 18.3 Å². The van der Waals surface area contributed by atoms with E-state index < -0.39 is 0 Å². The van der Waals surface area contributed by atoms with Crippen LogP contribution in [0.3, 0.4) is 0 Å². The van der Waals surface area contributed by atoms with Gasteiger partial charge < -0.3 is 4.90 Å². The van der Waals surface area contributed by atoms with Gasteiger partial charge >= 0.3 is 0 Å². The lowest BCUT2D eigenvalue weighted by Gasteiger charge is -2.15. The second kappa shape index (κ2) is 13.1. The van der Waals surface area contributed by atoms with Gasteiger partial charge in [0.05, 0.1) is 0 Å². The van der Waals surface area contributed by atoms with Gasteiger partial charge in [-0.1, -0.05) is 47.1 Å². The van der Waals surface area contributed by atoms with Crippen LogP contribution in [0.2, 0.25) is 0 Å². The number of carbonyl (C=O) groups is 1. The number of pyridine rings is 1. The molecule has 3 heteroatoms. The topological polar surface area (TPSA) is 33.2 Å². The number of hydrogen-bond donors (Lipinski definition) is 0. The first kappa shape index (κ1) is 19.9. The molecule has 0 N–H and O–H groups in total. The average Bonchev–Trinajstić information content (AvgIpc) is 2.49. The highest BCUT2D eigenvalue weighted by molar-refractivity contribution is 5.92. The Kier molecular flexibility index (Phi) is 13.7. The molecule has 0 atom stereocenters. The fourth-order valence-electron chi connectivity index (χ4n) is 1.29. The molecule has 1 aromatic heterocycles. The Morgan fingerprint density at radius 3 is 2.21 bits per heavy atom. The number of unbranched alkanes of at least 4 members (excludes halogenated alkanes) is 1. The predicted molar refractivity (Wildman–Crippen MR) is 83.5 cm³/mol. The van der Waals surface area contributed by atoms with E-state index in [0.29, 0.717) is 5.69 Å². The summed E-state index contributed by atoms with van der Waals surface area (Å²) >= 11 is 0. The van der Waals surface area contributed by atoms with Crippen LogP contribution in [0.25, 0.3) is 0 Å². The minimum atomic E-state index is 0.00319. The second-order valence-corrected chi connectivity index (χ2v) is 3.80. The summed E-state index contributed by atoms with van der Waals surface area (Å²) in [6.45, 7) is 12.9. The second-order valence-electron chi connectivity index (χ2n) is 3.80. The number of aryl methyl sites for hydroxylation is 1. The van der Waals surface area contributed by atoms with Crippen LogP contribution in [-0.4, -0.2) is 29.4 Å². The van der Waals surface area contributed by atoms with Crippen LogP contribution < -0.4 is 0 Å². The first-order chi connectivity index (χ1) is 9.15. The van der Waals surface area contributed by atoms with E-state index in [-0.39, 0.29) is 5.91 Å². The maximum atomic E-state index is 11.8. The minimum Gasteiger partial charge on any atom is -0.340 e. The van der Waals surface area contributed by atoms with Gasteiger partial charge in [0, 0.05) is 19.8 Å². The SMILES string of the molecule is CC.CC.CCCCN(C)C(=O)c1ccc(C)cn1. The summed E-state index contributed by atoms with van der Waals surface area (Å²) in [5.74, 6) is 0.00319. The van der Waals surface area contributed by atoms with Crippen molar-refractivity contribution in [3.8, 4) is 0 Å². The maximum absolute atomic E-state index is 11.8. The van der Waals surface area contributed by atoms with Crippen molar-refractivity contribution < 1.29 is 4.79 Å². The highest BCUT2D eigenvalue weighted by Gasteiger charge is 2.11. The Labute approximate surface area is 119 Å². The van der Waals surface area contributed by atoms with E-state index in [1.165, 1.54) is 0 Å². The van der Waals surface area contributed by atoms with E-state index in [1.807, 2.05) is 47.7 Å². The van der Waals surface area contributed by atoms with Gasteiger partial charge in [0.1, 0.15) is 5.69 Å². The summed E-state index contributed by atoms with van der Waals surface area (Å²) in [7, 11) is 1.82. The minimum absolute atomic E-state index is 0.00319. The normalized spacial score (nSPS) is 8.58. The molecule has 110 valence electrons. The van der Waals surface area contributed by atoms with Gasteiger partial charge in [-0.15, -0.1) is 0 Å². The lowest BCUT2D eigenvalue weighted by molar-refractivity contribution is 0.0787. The molecule has 3 nitrogen and oxygen atoms in total. The van der Waals surface area contributed by atoms with E-state index in [0.717, 1.165) is 24.9 Å². The number of aromatic nitrogens is 1. The van der Waals surface area contributed by atoms with Crippen LogP contribution in [0, 0.1) is 6.92 Å². The molecule has 0 spiro atoms. The van der Waals surface area contributed by atoms with Crippen molar-refractivity contribution in [1.82, 2.24) is 9.88 Å². The van der Waals surface area contributed by atoms with Crippen molar-refractivity contribution in [1.29, 1.82) is 0 Å². The van der Waals surface area contributed by atoms with Gasteiger partial charge in [0.2, 0.25) is 0 Å². The predicted octanol–water partition coefficient (Wildman–Crippen LogP) is 4.31. The number of hydrogen-bond acceptors (Lipinski definition) is 2. The van der Waals surface area contributed by atoms with Crippen molar-refractivity contribution in [2.75, 3.05) is 13.6 Å². The van der Waals surface area contributed by atoms with E-state index in [1.54, 1.807) is 17.2 Å². The standard InChI is InChI=1S/C12H18N2O.2C2H6/c1-4-5-8-14(3)12(15)11-7-6-10(2)9-13-11;2*1-2/h6-7,9H,4-5,8H2,1-3H3;2*1-2H3. The van der Waals surface area contributed by atoms with Crippen molar-refractivity contribution in [2.45, 2.75) is 54.4 Å². The zero-order valence-corrected chi connectivity index (χ0v) is 13.7.